The van der Waals surface area contributed by atoms with E-state index in [4.69, 9.17) is 0 Å². The van der Waals surface area contributed by atoms with Crippen LogP contribution in [-0.4, -0.2) is 155 Å². The van der Waals surface area contributed by atoms with E-state index in [0.717, 1.165) is 57.9 Å². The van der Waals surface area contributed by atoms with Crippen LogP contribution in [0.2, 0.25) is 0 Å². The molecule has 4 rings (SSSR count). The highest BCUT2D eigenvalue weighted by Crippen LogP contribution is 2.33. The van der Waals surface area contributed by atoms with Crippen LogP contribution in [0.4, 0.5) is 4.39 Å². The number of rotatable bonds is 31. The second-order valence-corrected chi connectivity index (χ2v) is 27.1. The van der Waals surface area contributed by atoms with Crippen molar-refractivity contribution in [3.05, 3.63) is 35.6 Å². The van der Waals surface area contributed by atoms with Gasteiger partial charge in [-0.1, -0.05) is 73.6 Å². The predicted molar refractivity (Wildman–Crippen MR) is 320 cm³/mol. The summed E-state index contributed by atoms with van der Waals surface area (Å²) in [6, 6.07) is -0.310. The van der Waals surface area contributed by atoms with Gasteiger partial charge in [0.05, 0.1) is 5.54 Å². The van der Waals surface area contributed by atoms with Gasteiger partial charge in [0.25, 0.3) is 5.91 Å². The summed E-state index contributed by atoms with van der Waals surface area (Å²) in [7, 11) is 3.91. The number of carbonyl (C=O) groups is 10. The Morgan fingerprint density at radius 1 is 0.595 bits per heavy atom. The van der Waals surface area contributed by atoms with Crippen LogP contribution in [0.3, 0.4) is 0 Å². The topological polar surface area (TPSA) is 285 Å². The number of carbonyl (C=O) groups excluding carboxylic acids is 10. The molecule has 3 fully saturated rings. The second-order valence-electron chi connectivity index (χ2n) is 27.1. The molecule has 0 spiro atoms. The van der Waals surface area contributed by atoms with Gasteiger partial charge in [-0.25, -0.2) is 4.39 Å². The third kappa shape index (κ3) is 21.7. The van der Waals surface area contributed by atoms with E-state index in [9.17, 15) is 52.3 Å². The quantitative estimate of drug-likeness (QED) is 0.0493. The smallest absolute Gasteiger partial charge is 0.254 e. The molecule has 3 aliphatic rings. The SMILES string of the molecule is CC(C)C[C@H](NC(=O)[C@H](CCC1CCCCC1)NC(=O)[C@@H]1CCCN1C(=O)c1ccc(F)cc1)C(=O)NC(C)(C)C(=O)N[C@@H](CC(C)C)C(=O)N[C@@H](CC(C)C)C(=O)NC(C)(C)C(=O)NC(C)(C)C(=O)NCCC(=O)NC1(CN(C)C)CCC1. The Hall–Kier alpha value is -6.19. The number of likely N-dealkylation sites (N-methyl/N-ethyl adjacent to an activating group) is 1. The second kappa shape index (κ2) is 31.3. The largest absolute Gasteiger partial charge is 0.354 e. The summed E-state index contributed by atoms with van der Waals surface area (Å²) in [6.07, 6.45) is 10.5. The number of hydrogen-bond donors (Lipinski definition) is 9. The Morgan fingerprint density at radius 2 is 1.10 bits per heavy atom. The molecule has 0 radical (unpaired) electrons. The van der Waals surface area contributed by atoms with Crippen molar-refractivity contribution in [1.82, 2.24) is 57.7 Å². The van der Waals surface area contributed by atoms with Gasteiger partial charge in [0.1, 0.15) is 52.6 Å². The molecule has 10 amide bonds. The van der Waals surface area contributed by atoms with Crippen molar-refractivity contribution in [2.24, 2.45) is 23.7 Å². The van der Waals surface area contributed by atoms with E-state index in [2.05, 4.69) is 47.9 Å². The average Bonchev–Trinajstić information content (AvgIpc) is 2.96. The van der Waals surface area contributed by atoms with Crippen molar-refractivity contribution in [2.45, 2.75) is 238 Å². The van der Waals surface area contributed by atoms with Gasteiger partial charge >= 0.3 is 0 Å². The minimum Gasteiger partial charge on any atom is -0.354 e. The first-order chi connectivity index (χ1) is 39.1. The molecule has 2 saturated carbocycles. The van der Waals surface area contributed by atoms with Gasteiger partial charge < -0.3 is 57.7 Å². The minimum atomic E-state index is -1.65. The molecule has 0 aromatic heterocycles. The lowest BCUT2D eigenvalue weighted by Crippen LogP contribution is -2.65. The van der Waals surface area contributed by atoms with Gasteiger partial charge in [0, 0.05) is 31.6 Å². The number of benzene rings is 1. The molecular weight excluding hydrogens is 1080 g/mol. The zero-order chi connectivity index (χ0) is 62.9. The lowest BCUT2D eigenvalue weighted by molar-refractivity contribution is -0.139. The third-order valence-electron chi connectivity index (χ3n) is 16.1. The molecule has 472 valence electrons. The van der Waals surface area contributed by atoms with Crippen LogP contribution < -0.4 is 47.9 Å². The summed E-state index contributed by atoms with van der Waals surface area (Å²) in [5, 5.41) is 25.5. The molecule has 0 unspecified atom stereocenters. The molecule has 9 N–H and O–H groups in total. The van der Waals surface area contributed by atoms with Crippen LogP contribution in [0.5, 0.6) is 0 Å². The van der Waals surface area contributed by atoms with Gasteiger partial charge in [-0.2, -0.15) is 0 Å². The molecule has 22 heteroatoms. The Bertz CT molecular complexity index is 2450. The van der Waals surface area contributed by atoms with Gasteiger partial charge in [0.2, 0.25) is 53.2 Å². The maximum absolute atomic E-state index is 14.4. The fourth-order valence-electron chi connectivity index (χ4n) is 11.2. The van der Waals surface area contributed by atoms with Gasteiger partial charge in [-0.15, -0.1) is 0 Å². The van der Waals surface area contributed by atoms with Crippen LogP contribution in [-0.2, 0) is 43.2 Å². The van der Waals surface area contributed by atoms with Crippen LogP contribution in [0.15, 0.2) is 24.3 Å². The summed E-state index contributed by atoms with van der Waals surface area (Å²) < 4.78 is 13.7. The van der Waals surface area contributed by atoms with Crippen molar-refractivity contribution in [2.75, 3.05) is 33.7 Å². The Labute approximate surface area is 498 Å². The lowest BCUT2D eigenvalue weighted by Gasteiger charge is -2.44. The third-order valence-corrected chi connectivity index (χ3v) is 16.1. The summed E-state index contributed by atoms with van der Waals surface area (Å²) in [6.45, 7) is 21.1. The first kappa shape index (κ1) is 70.3. The van der Waals surface area contributed by atoms with Gasteiger partial charge in [0.15, 0.2) is 0 Å². The van der Waals surface area contributed by atoms with E-state index in [1.165, 1.54) is 70.7 Å². The highest BCUT2D eigenvalue weighted by atomic mass is 19.1. The number of likely N-dealkylation sites (tertiary alicyclic amines) is 1. The molecule has 84 heavy (non-hydrogen) atoms. The van der Waals surface area contributed by atoms with E-state index in [1.807, 2.05) is 60.5 Å². The van der Waals surface area contributed by atoms with E-state index >= 15 is 0 Å². The fourth-order valence-corrected chi connectivity index (χ4v) is 11.2. The van der Waals surface area contributed by atoms with Crippen LogP contribution >= 0.6 is 0 Å². The molecule has 5 atom stereocenters. The van der Waals surface area contributed by atoms with Crippen molar-refractivity contribution in [3.63, 3.8) is 0 Å². The predicted octanol–water partition coefficient (Wildman–Crippen LogP) is 4.66. The summed E-state index contributed by atoms with van der Waals surface area (Å²) >= 11 is 0. The van der Waals surface area contributed by atoms with Crippen LogP contribution in [0, 0.1) is 29.5 Å². The monoisotopic (exact) mass is 1180 g/mol. The van der Waals surface area contributed by atoms with Crippen molar-refractivity contribution in [3.8, 4) is 0 Å². The molecule has 1 heterocycles. The molecule has 1 aliphatic heterocycles. The minimum absolute atomic E-state index is 0.0438. The highest BCUT2D eigenvalue weighted by molar-refractivity contribution is 6.01. The number of nitrogens with one attached hydrogen (secondary N) is 9. The zero-order valence-electron chi connectivity index (χ0n) is 52.8. The van der Waals surface area contributed by atoms with E-state index in [-0.39, 0.29) is 73.4 Å². The van der Waals surface area contributed by atoms with E-state index in [0.29, 0.717) is 31.7 Å². The van der Waals surface area contributed by atoms with Crippen molar-refractivity contribution < 1.29 is 52.3 Å². The molecule has 1 saturated heterocycles. The Kier molecular flexibility index (Phi) is 26.2. The van der Waals surface area contributed by atoms with E-state index in [1.54, 1.807) is 0 Å². The van der Waals surface area contributed by atoms with E-state index < -0.39 is 106 Å². The normalized spacial score (nSPS) is 17.9. The number of hydrogen-bond acceptors (Lipinski definition) is 11. The fraction of sp³-hybridized carbons (Fsp3) is 0.742. The number of amides is 10. The molecule has 1 aromatic rings. The molecule has 0 bridgehead atoms. The number of halogens is 1. The standard InChI is InChI=1S/C62H102FN11O10/c1-38(2)34-45(51(77)67-47(36-40(5)6)53(79)71-61(11,12)58(84)72-59(7,8)56(82)64-32-29-49(75)69-62(30-19-31-62)37-73(13)14)68-57(83)60(9,10)70-52(78)46(35-39(3)4)66-50(76)44(28-23-41-20-16-15-17-21-41)65-54(80)48-22-18-33-74(48)55(81)42-24-26-43(63)27-25-42/h24-27,38-41,44-48H,15-23,28-37H2,1-14H3,(H,64,82)(H,65,80)(H,66,76)(H,67,77)(H,68,83)(H,69,75)(H,70,78)(H,71,79)(H,72,84)/t44-,45-,46-,47-,48-/m0/s1. The van der Waals surface area contributed by atoms with Gasteiger partial charge in [-0.05, 0) is 168 Å². The first-order valence-corrected chi connectivity index (χ1v) is 30.6. The summed E-state index contributed by atoms with van der Waals surface area (Å²) in [5.41, 5.74) is -4.73. The van der Waals surface area contributed by atoms with Gasteiger partial charge in [-0.3, -0.25) is 47.9 Å². The maximum Gasteiger partial charge on any atom is 0.254 e. The lowest BCUT2D eigenvalue weighted by atomic mass is 9.76. The summed E-state index contributed by atoms with van der Waals surface area (Å²) in [4.78, 5) is 143. The highest BCUT2D eigenvalue weighted by Gasteiger charge is 2.43. The van der Waals surface area contributed by atoms with Crippen LogP contribution in [0.25, 0.3) is 0 Å². The molecule has 2 aliphatic carbocycles. The average molecular weight is 1180 g/mol. The van der Waals surface area contributed by atoms with Crippen LogP contribution in [0.1, 0.15) is 196 Å². The maximum atomic E-state index is 14.4. The first-order valence-electron chi connectivity index (χ1n) is 30.6. The molecule has 21 nitrogen and oxygen atoms in total. The molecule has 1 aromatic carbocycles. The number of nitrogens with zero attached hydrogens (tertiary/aromatic N) is 2. The Morgan fingerprint density at radius 3 is 1.60 bits per heavy atom. The Balaban J connectivity index is 1.42. The molecular formula is C62H102FN11O10. The van der Waals surface area contributed by atoms with Crippen molar-refractivity contribution in [1.29, 1.82) is 0 Å². The zero-order valence-corrected chi connectivity index (χ0v) is 52.8. The van der Waals surface area contributed by atoms with Crippen molar-refractivity contribution >= 4 is 59.1 Å². The summed E-state index contributed by atoms with van der Waals surface area (Å²) in [5.74, 6) is -6.19.